The van der Waals surface area contributed by atoms with Crippen LogP contribution in [0.1, 0.15) is 43.4 Å². The summed E-state index contributed by atoms with van der Waals surface area (Å²) in [5.41, 5.74) is 0.170. The predicted octanol–water partition coefficient (Wildman–Crippen LogP) is 6.47. The van der Waals surface area contributed by atoms with E-state index in [4.69, 9.17) is 4.74 Å². The molecule has 1 aliphatic heterocycles. The molecule has 30 heavy (non-hydrogen) atoms. The Hall–Kier alpha value is -2.29. The van der Waals surface area contributed by atoms with Crippen molar-refractivity contribution in [2.24, 2.45) is 5.92 Å². The van der Waals surface area contributed by atoms with Gasteiger partial charge in [0.2, 0.25) is 0 Å². The number of halogens is 7. The van der Waals surface area contributed by atoms with Crippen LogP contribution in [0, 0.1) is 35.0 Å². The molecular weight excluding hydrogens is 417 g/mol. The average Bonchev–Trinajstić information content (AvgIpc) is 2.70. The molecule has 1 heterocycles. The van der Waals surface area contributed by atoms with Gasteiger partial charge in [-0.15, -0.1) is 0 Å². The van der Waals surface area contributed by atoms with Crippen molar-refractivity contribution in [1.82, 2.24) is 0 Å². The fourth-order valence-electron chi connectivity index (χ4n) is 3.41. The molecule has 0 aliphatic carbocycles. The van der Waals surface area contributed by atoms with Crippen LogP contribution in [0.5, 0.6) is 5.75 Å². The van der Waals surface area contributed by atoms with Gasteiger partial charge in [0.25, 0.3) is 0 Å². The summed E-state index contributed by atoms with van der Waals surface area (Å²) in [5, 5.41) is 0. The van der Waals surface area contributed by atoms with E-state index in [0.29, 0.717) is 25.0 Å². The Kier molecular flexibility index (Phi) is 6.59. The minimum Gasteiger partial charge on any atom is -0.432 e. The van der Waals surface area contributed by atoms with E-state index in [9.17, 15) is 30.7 Å². The van der Waals surface area contributed by atoms with Crippen LogP contribution in [0.25, 0.3) is 0 Å². The summed E-state index contributed by atoms with van der Waals surface area (Å²) in [6.45, 7) is 1.27. The van der Waals surface area contributed by atoms with E-state index < -0.39 is 59.6 Å². The van der Waals surface area contributed by atoms with Crippen LogP contribution in [-0.2, 0) is 11.2 Å². The Balaban J connectivity index is 1.68. The number of ether oxygens (including phenoxy) is 2. The van der Waals surface area contributed by atoms with Crippen LogP contribution >= 0.6 is 0 Å². The SMILES string of the molecule is CCCc1ccc(C2CCC(C(F)(F)Oc3cc(F)c(F)c(F)c3)CO2)c(F)c1F. The molecule has 0 spiro atoms. The minimum absolute atomic E-state index is 0.0424. The van der Waals surface area contributed by atoms with Gasteiger partial charge in [-0.25, -0.2) is 22.0 Å². The molecule has 2 unspecified atom stereocenters. The molecule has 2 aromatic carbocycles. The number of benzene rings is 2. The molecule has 2 nitrogen and oxygen atoms in total. The summed E-state index contributed by atoms with van der Waals surface area (Å²) in [5.74, 6) is -9.54. The minimum atomic E-state index is -3.88. The Morgan fingerprint density at radius 3 is 2.20 bits per heavy atom. The van der Waals surface area contributed by atoms with Gasteiger partial charge in [-0.05, 0) is 24.8 Å². The van der Waals surface area contributed by atoms with Crippen molar-refractivity contribution in [3.05, 3.63) is 64.5 Å². The lowest BCUT2D eigenvalue weighted by atomic mass is 9.92. The second-order valence-corrected chi connectivity index (χ2v) is 7.15. The maximum atomic E-state index is 14.4. The highest BCUT2D eigenvalue weighted by atomic mass is 19.3. The Bertz CT molecular complexity index is 885. The third-order valence-electron chi connectivity index (χ3n) is 5.02. The van der Waals surface area contributed by atoms with Crippen LogP contribution in [-0.4, -0.2) is 12.7 Å². The summed E-state index contributed by atoms with van der Waals surface area (Å²) in [6.07, 6.45) is -4.01. The third-order valence-corrected chi connectivity index (χ3v) is 5.02. The molecule has 0 radical (unpaired) electrons. The molecular formula is C21H19F7O2. The molecule has 2 aromatic rings. The van der Waals surface area contributed by atoms with E-state index >= 15 is 0 Å². The van der Waals surface area contributed by atoms with Gasteiger partial charge in [0, 0.05) is 17.7 Å². The molecule has 164 valence electrons. The van der Waals surface area contributed by atoms with Gasteiger partial charge in [0.1, 0.15) is 5.75 Å². The molecule has 0 aromatic heterocycles. The lowest BCUT2D eigenvalue weighted by molar-refractivity contribution is -0.241. The summed E-state index contributed by atoms with van der Waals surface area (Å²) < 4.78 is 106. The maximum Gasteiger partial charge on any atom is 0.402 e. The van der Waals surface area contributed by atoms with Crippen LogP contribution in [0.2, 0.25) is 0 Å². The van der Waals surface area contributed by atoms with Crippen molar-refractivity contribution in [2.75, 3.05) is 6.61 Å². The highest BCUT2D eigenvalue weighted by Crippen LogP contribution is 2.40. The number of alkyl halides is 2. The predicted molar refractivity (Wildman–Crippen MR) is 93.7 cm³/mol. The third kappa shape index (κ3) is 4.55. The summed E-state index contributed by atoms with van der Waals surface area (Å²) in [6, 6.07) is 3.46. The van der Waals surface area contributed by atoms with Crippen molar-refractivity contribution >= 4 is 0 Å². The zero-order chi connectivity index (χ0) is 22.1. The number of hydrogen-bond donors (Lipinski definition) is 0. The molecule has 0 saturated carbocycles. The van der Waals surface area contributed by atoms with Gasteiger partial charge in [-0.1, -0.05) is 25.5 Å². The highest BCUT2D eigenvalue weighted by molar-refractivity contribution is 5.29. The monoisotopic (exact) mass is 436 g/mol. The van der Waals surface area contributed by atoms with Crippen molar-refractivity contribution in [3.63, 3.8) is 0 Å². The second kappa shape index (κ2) is 8.83. The number of aryl methyl sites for hydroxylation is 1. The van der Waals surface area contributed by atoms with Gasteiger partial charge in [0.15, 0.2) is 29.1 Å². The van der Waals surface area contributed by atoms with E-state index in [1.165, 1.54) is 12.1 Å². The first-order valence-electron chi connectivity index (χ1n) is 9.43. The molecule has 9 heteroatoms. The second-order valence-electron chi connectivity index (χ2n) is 7.15. The topological polar surface area (TPSA) is 18.5 Å². The quantitative estimate of drug-likeness (QED) is 0.382. The molecule has 3 rings (SSSR count). The van der Waals surface area contributed by atoms with Gasteiger partial charge in [-0.3, -0.25) is 0 Å². The van der Waals surface area contributed by atoms with Gasteiger partial charge in [0.05, 0.1) is 18.6 Å². The highest BCUT2D eigenvalue weighted by Gasteiger charge is 2.45. The standard InChI is InChI=1S/C21H19F7O2/c1-2-3-11-4-6-14(19(25)18(11)24)17-7-5-12(10-29-17)21(27,28)30-13-8-15(22)20(26)16(23)9-13/h4,6,8-9,12,17H,2-3,5,7,10H2,1H3. The lowest BCUT2D eigenvalue weighted by Gasteiger charge is -2.33. The van der Waals surface area contributed by atoms with Gasteiger partial charge in [-0.2, -0.15) is 8.78 Å². The average molecular weight is 436 g/mol. The molecule has 2 atom stereocenters. The summed E-state index contributed by atoms with van der Waals surface area (Å²) >= 11 is 0. The molecule has 1 saturated heterocycles. The first-order valence-corrected chi connectivity index (χ1v) is 9.43. The molecule has 1 aliphatic rings. The van der Waals surface area contributed by atoms with Crippen LogP contribution < -0.4 is 4.74 Å². The van der Waals surface area contributed by atoms with Crippen LogP contribution in [0.4, 0.5) is 30.7 Å². The van der Waals surface area contributed by atoms with Crippen molar-refractivity contribution in [2.45, 2.75) is 44.8 Å². The number of hydrogen-bond acceptors (Lipinski definition) is 2. The Labute approximate surface area is 168 Å². The molecule has 0 N–H and O–H groups in total. The normalized spacial score (nSPS) is 19.7. The van der Waals surface area contributed by atoms with Crippen molar-refractivity contribution in [3.8, 4) is 5.75 Å². The number of rotatable bonds is 6. The zero-order valence-corrected chi connectivity index (χ0v) is 16.0. The summed E-state index contributed by atoms with van der Waals surface area (Å²) in [4.78, 5) is 0. The Morgan fingerprint density at radius 2 is 1.63 bits per heavy atom. The van der Waals surface area contributed by atoms with Crippen LogP contribution in [0.15, 0.2) is 24.3 Å². The first-order chi connectivity index (χ1) is 14.1. The van der Waals surface area contributed by atoms with Crippen molar-refractivity contribution < 1.29 is 40.2 Å². The Morgan fingerprint density at radius 1 is 0.967 bits per heavy atom. The van der Waals surface area contributed by atoms with E-state index in [1.54, 1.807) is 0 Å². The molecule has 1 fully saturated rings. The van der Waals surface area contributed by atoms with E-state index in [2.05, 4.69) is 4.74 Å². The first kappa shape index (κ1) is 22.4. The molecule has 0 bridgehead atoms. The van der Waals surface area contributed by atoms with E-state index in [0.717, 1.165) is 0 Å². The smallest absolute Gasteiger partial charge is 0.402 e. The largest absolute Gasteiger partial charge is 0.432 e. The van der Waals surface area contributed by atoms with E-state index in [1.807, 2.05) is 6.92 Å². The van der Waals surface area contributed by atoms with Gasteiger partial charge < -0.3 is 9.47 Å². The van der Waals surface area contributed by atoms with E-state index in [-0.39, 0.29) is 24.0 Å². The fourth-order valence-corrected chi connectivity index (χ4v) is 3.41. The van der Waals surface area contributed by atoms with Crippen molar-refractivity contribution in [1.29, 1.82) is 0 Å². The molecule has 0 amide bonds. The fraction of sp³-hybridized carbons (Fsp3) is 0.429. The maximum absolute atomic E-state index is 14.4. The lowest BCUT2D eigenvalue weighted by Crippen LogP contribution is -2.40. The zero-order valence-electron chi connectivity index (χ0n) is 16.0. The summed E-state index contributed by atoms with van der Waals surface area (Å²) in [7, 11) is 0. The van der Waals surface area contributed by atoms with Gasteiger partial charge >= 0.3 is 6.11 Å². The van der Waals surface area contributed by atoms with Crippen LogP contribution in [0.3, 0.4) is 0 Å².